The molecule has 0 unspecified atom stereocenters. The molecule has 1 aliphatic rings. The largest absolute Gasteiger partial charge is 0.322 e. The summed E-state index contributed by atoms with van der Waals surface area (Å²) in [5.41, 5.74) is 0.552. The minimum absolute atomic E-state index is 0.115. The normalized spacial score (nSPS) is 14.1. The lowest BCUT2D eigenvalue weighted by atomic mass is 10.4. The van der Waals surface area contributed by atoms with E-state index in [0.29, 0.717) is 23.4 Å². The van der Waals surface area contributed by atoms with Crippen LogP contribution in [0.4, 0.5) is 10.5 Å². The highest BCUT2D eigenvalue weighted by molar-refractivity contribution is 7.09. The van der Waals surface area contributed by atoms with Crippen molar-refractivity contribution >= 4 is 34.7 Å². The monoisotopic (exact) mass is 307 g/mol. The predicted octanol–water partition coefficient (Wildman–Crippen LogP) is 3.99. The third kappa shape index (κ3) is 3.11. The minimum Gasteiger partial charge on any atom is -0.316 e. The fourth-order valence-electron chi connectivity index (χ4n) is 1.99. The zero-order valence-corrected chi connectivity index (χ0v) is 12.3. The molecule has 0 spiro atoms. The van der Waals surface area contributed by atoms with Crippen LogP contribution in [0.3, 0.4) is 0 Å². The van der Waals surface area contributed by atoms with Gasteiger partial charge in [-0.15, -0.1) is 11.3 Å². The second-order valence-corrected chi connectivity index (χ2v) is 6.10. The van der Waals surface area contributed by atoms with E-state index in [0.717, 1.165) is 12.8 Å². The van der Waals surface area contributed by atoms with Gasteiger partial charge in [0.2, 0.25) is 0 Å². The van der Waals surface area contributed by atoms with Crippen LogP contribution in [0, 0.1) is 0 Å². The van der Waals surface area contributed by atoms with Gasteiger partial charge in [0.05, 0.1) is 12.2 Å². The van der Waals surface area contributed by atoms with E-state index >= 15 is 0 Å². The average molecular weight is 308 g/mol. The Morgan fingerprint density at radius 2 is 2.30 bits per heavy atom. The number of rotatable bonds is 4. The number of anilines is 1. The van der Waals surface area contributed by atoms with Gasteiger partial charge in [0, 0.05) is 17.1 Å². The maximum atomic E-state index is 12.4. The molecule has 3 rings (SSSR count). The van der Waals surface area contributed by atoms with Gasteiger partial charge in [0.1, 0.15) is 0 Å². The van der Waals surface area contributed by atoms with Crippen LogP contribution in [-0.4, -0.2) is 22.0 Å². The van der Waals surface area contributed by atoms with E-state index < -0.39 is 0 Å². The number of carbonyl (C=O) groups excluding carboxylic acids is 1. The van der Waals surface area contributed by atoms with Crippen molar-refractivity contribution in [2.24, 2.45) is 0 Å². The first kappa shape index (κ1) is 13.4. The molecule has 0 radical (unpaired) electrons. The summed E-state index contributed by atoms with van der Waals surface area (Å²) in [7, 11) is 0. The highest BCUT2D eigenvalue weighted by Crippen LogP contribution is 2.30. The van der Waals surface area contributed by atoms with Gasteiger partial charge in [-0.3, -0.25) is 0 Å². The first-order valence-electron chi connectivity index (χ1n) is 6.44. The number of hydrogen-bond acceptors (Lipinski definition) is 3. The molecule has 2 amide bonds. The van der Waals surface area contributed by atoms with Gasteiger partial charge in [0.25, 0.3) is 0 Å². The van der Waals surface area contributed by atoms with Gasteiger partial charge in [-0.05, 0) is 36.4 Å². The Labute approximate surface area is 126 Å². The van der Waals surface area contributed by atoms with Crippen molar-refractivity contribution in [2.75, 3.05) is 5.32 Å². The fourth-order valence-corrected chi connectivity index (χ4v) is 2.86. The molecule has 4 nitrogen and oxygen atoms in total. The molecule has 1 N–H and O–H groups in total. The molecule has 0 saturated heterocycles. The van der Waals surface area contributed by atoms with E-state index in [-0.39, 0.29) is 6.03 Å². The summed E-state index contributed by atoms with van der Waals surface area (Å²) in [6, 6.07) is 7.78. The predicted molar refractivity (Wildman–Crippen MR) is 81.1 cm³/mol. The summed E-state index contributed by atoms with van der Waals surface area (Å²) in [6.45, 7) is 0.645. The topological polar surface area (TPSA) is 45.2 Å². The molecule has 0 bridgehead atoms. The van der Waals surface area contributed by atoms with Gasteiger partial charge in [-0.1, -0.05) is 17.7 Å². The van der Waals surface area contributed by atoms with E-state index in [4.69, 9.17) is 11.6 Å². The SMILES string of the molecule is O=C(Nc1cccnc1Cl)N(Cc1cccs1)C1CC1. The lowest BCUT2D eigenvalue weighted by Crippen LogP contribution is -2.36. The molecule has 0 aromatic carbocycles. The third-order valence-corrected chi connectivity index (χ3v) is 4.32. The van der Waals surface area contributed by atoms with Crippen molar-refractivity contribution in [1.82, 2.24) is 9.88 Å². The van der Waals surface area contributed by atoms with Crippen LogP contribution >= 0.6 is 22.9 Å². The summed E-state index contributed by atoms with van der Waals surface area (Å²) >= 11 is 7.63. The molecule has 1 aliphatic carbocycles. The zero-order valence-electron chi connectivity index (χ0n) is 10.8. The molecule has 1 fully saturated rings. The number of amides is 2. The summed E-state index contributed by atoms with van der Waals surface area (Å²) < 4.78 is 0. The molecular formula is C14H14ClN3OS. The van der Waals surface area contributed by atoms with Crippen molar-refractivity contribution in [3.05, 3.63) is 45.9 Å². The van der Waals surface area contributed by atoms with Gasteiger partial charge in [0.15, 0.2) is 5.15 Å². The summed E-state index contributed by atoms with van der Waals surface area (Å²) in [4.78, 5) is 19.4. The number of aromatic nitrogens is 1. The molecule has 20 heavy (non-hydrogen) atoms. The Balaban J connectivity index is 1.71. The molecule has 104 valence electrons. The van der Waals surface area contributed by atoms with Crippen molar-refractivity contribution in [2.45, 2.75) is 25.4 Å². The van der Waals surface area contributed by atoms with Crippen molar-refractivity contribution in [3.8, 4) is 0 Å². The number of nitrogens with zero attached hydrogens (tertiary/aromatic N) is 2. The lowest BCUT2D eigenvalue weighted by molar-refractivity contribution is 0.206. The molecule has 1 saturated carbocycles. The molecule has 2 aromatic heterocycles. The molecule has 0 atom stereocenters. The van der Waals surface area contributed by atoms with Crippen LogP contribution in [0.2, 0.25) is 5.15 Å². The van der Waals surface area contributed by atoms with Gasteiger partial charge in [-0.2, -0.15) is 0 Å². The van der Waals surface area contributed by atoms with Crippen molar-refractivity contribution < 1.29 is 4.79 Å². The Hall–Kier alpha value is -1.59. The number of nitrogens with one attached hydrogen (secondary N) is 1. The average Bonchev–Trinajstić information content (AvgIpc) is 3.15. The van der Waals surface area contributed by atoms with Crippen molar-refractivity contribution in [3.63, 3.8) is 0 Å². The highest BCUT2D eigenvalue weighted by atomic mass is 35.5. The Kier molecular flexibility index (Phi) is 3.89. The third-order valence-electron chi connectivity index (χ3n) is 3.16. The number of pyridine rings is 1. The zero-order chi connectivity index (χ0) is 13.9. The summed E-state index contributed by atoms with van der Waals surface area (Å²) in [5.74, 6) is 0. The summed E-state index contributed by atoms with van der Waals surface area (Å²) in [6.07, 6.45) is 3.74. The Bertz CT molecular complexity index is 598. The standard InChI is InChI=1S/C14H14ClN3OS/c15-13-12(4-1-7-16-13)17-14(19)18(10-5-6-10)9-11-3-2-8-20-11/h1-4,7-8,10H,5-6,9H2,(H,17,19). The number of thiophene rings is 1. The van der Waals surface area contributed by atoms with E-state index in [9.17, 15) is 4.79 Å². The van der Waals surface area contributed by atoms with Crippen LogP contribution in [0.15, 0.2) is 35.8 Å². The van der Waals surface area contributed by atoms with E-state index in [1.165, 1.54) is 4.88 Å². The van der Waals surface area contributed by atoms with E-state index in [1.807, 2.05) is 22.4 Å². The Morgan fingerprint density at radius 1 is 1.45 bits per heavy atom. The van der Waals surface area contributed by atoms with Crippen LogP contribution in [-0.2, 0) is 6.54 Å². The van der Waals surface area contributed by atoms with Crippen LogP contribution in [0.25, 0.3) is 0 Å². The van der Waals surface area contributed by atoms with Crippen molar-refractivity contribution in [1.29, 1.82) is 0 Å². The fraction of sp³-hybridized carbons (Fsp3) is 0.286. The smallest absolute Gasteiger partial charge is 0.316 e. The number of carbonyl (C=O) groups is 1. The van der Waals surface area contributed by atoms with Gasteiger partial charge in [-0.25, -0.2) is 9.78 Å². The quantitative estimate of drug-likeness (QED) is 0.868. The molecule has 6 heteroatoms. The van der Waals surface area contributed by atoms with Crippen LogP contribution in [0.1, 0.15) is 17.7 Å². The summed E-state index contributed by atoms with van der Waals surface area (Å²) in [5, 5.41) is 5.18. The maximum Gasteiger partial charge on any atom is 0.322 e. The number of hydrogen-bond donors (Lipinski definition) is 1. The maximum absolute atomic E-state index is 12.4. The van der Waals surface area contributed by atoms with Crippen LogP contribution < -0.4 is 5.32 Å². The second-order valence-electron chi connectivity index (χ2n) is 4.71. The second kappa shape index (κ2) is 5.81. The van der Waals surface area contributed by atoms with Gasteiger partial charge >= 0.3 is 6.03 Å². The first-order valence-corrected chi connectivity index (χ1v) is 7.70. The number of halogens is 1. The number of urea groups is 1. The van der Waals surface area contributed by atoms with Crippen LogP contribution in [0.5, 0.6) is 0 Å². The van der Waals surface area contributed by atoms with E-state index in [2.05, 4.69) is 10.3 Å². The highest BCUT2D eigenvalue weighted by Gasteiger charge is 2.33. The minimum atomic E-state index is -0.115. The molecule has 2 aromatic rings. The first-order chi connectivity index (χ1) is 9.74. The Morgan fingerprint density at radius 3 is 2.95 bits per heavy atom. The lowest BCUT2D eigenvalue weighted by Gasteiger charge is -2.22. The molecular weight excluding hydrogens is 294 g/mol. The molecule has 0 aliphatic heterocycles. The van der Waals surface area contributed by atoms with E-state index in [1.54, 1.807) is 29.7 Å². The van der Waals surface area contributed by atoms with Gasteiger partial charge < -0.3 is 10.2 Å². The molecule has 2 heterocycles.